The maximum Gasteiger partial charge on any atom is 0.267 e. The zero-order valence-electron chi connectivity index (χ0n) is 14.2. The highest BCUT2D eigenvalue weighted by molar-refractivity contribution is 7.45. The van der Waals surface area contributed by atoms with Crippen LogP contribution in [0.5, 0.6) is 0 Å². The van der Waals surface area contributed by atoms with Gasteiger partial charge in [0.1, 0.15) is 0 Å². The zero-order chi connectivity index (χ0) is 16.1. The summed E-state index contributed by atoms with van der Waals surface area (Å²) >= 11 is 0. The van der Waals surface area contributed by atoms with Crippen molar-refractivity contribution in [3.8, 4) is 0 Å². The molecule has 0 radical (unpaired) electrons. The Hall–Kier alpha value is 0.0700. The maximum absolute atomic E-state index is 10.7. The van der Waals surface area contributed by atoms with E-state index >= 15 is 0 Å². The van der Waals surface area contributed by atoms with Crippen molar-refractivity contribution < 1.29 is 23.0 Å². The minimum Gasteiger partial charge on any atom is -0.756 e. The lowest BCUT2D eigenvalue weighted by atomic mass is 10.3. The van der Waals surface area contributed by atoms with Crippen molar-refractivity contribution in [3.63, 3.8) is 0 Å². The lowest BCUT2D eigenvalue weighted by Crippen LogP contribution is -2.47. The number of phosphoric acid groups is 1. The van der Waals surface area contributed by atoms with Gasteiger partial charge < -0.3 is 18.4 Å². The molecule has 0 aliphatic heterocycles. The van der Waals surface area contributed by atoms with Crippen LogP contribution in [-0.4, -0.2) is 43.9 Å². The first-order chi connectivity index (χ1) is 9.36. The van der Waals surface area contributed by atoms with Gasteiger partial charge in [-0.2, -0.15) is 0 Å². The van der Waals surface area contributed by atoms with Crippen LogP contribution in [0.4, 0.5) is 0 Å². The van der Waals surface area contributed by atoms with Crippen molar-refractivity contribution in [2.45, 2.75) is 54.4 Å². The molecule has 5 nitrogen and oxygen atoms in total. The third-order valence-electron chi connectivity index (χ3n) is 3.59. The van der Waals surface area contributed by atoms with Gasteiger partial charge >= 0.3 is 0 Å². The Balaban J connectivity index is 0. The van der Waals surface area contributed by atoms with E-state index in [1.807, 2.05) is 13.8 Å². The minimum absolute atomic E-state index is 0.199. The summed E-state index contributed by atoms with van der Waals surface area (Å²) in [5.74, 6) is 0. The summed E-state index contributed by atoms with van der Waals surface area (Å²) in [6.45, 7) is 18.3. The normalized spacial score (nSPS) is 11.9. The fourth-order valence-corrected chi connectivity index (χ4v) is 2.67. The fourth-order valence-electron chi connectivity index (χ4n) is 1.79. The summed E-state index contributed by atoms with van der Waals surface area (Å²) in [6.07, 6.45) is 1.34. The van der Waals surface area contributed by atoms with E-state index in [1.165, 1.54) is 30.7 Å². The second kappa shape index (κ2) is 12.8. The minimum atomic E-state index is -3.98. The number of hydrogen-bond donors (Lipinski definition) is 0. The van der Waals surface area contributed by atoms with Gasteiger partial charge in [0.2, 0.25) is 0 Å². The Morgan fingerprint density at radius 3 is 1.25 bits per heavy atom. The number of phosphoric ester groups is 1. The highest BCUT2D eigenvalue weighted by Crippen LogP contribution is 2.38. The largest absolute Gasteiger partial charge is 0.756 e. The topological polar surface area (TPSA) is 58.6 Å². The van der Waals surface area contributed by atoms with Crippen LogP contribution < -0.4 is 4.89 Å². The van der Waals surface area contributed by atoms with E-state index in [0.717, 1.165) is 0 Å². The third-order valence-corrected chi connectivity index (χ3v) is 4.59. The summed E-state index contributed by atoms with van der Waals surface area (Å²) in [5, 5.41) is 0. The smallest absolute Gasteiger partial charge is 0.267 e. The van der Waals surface area contributed by atoms with Crippen LogP contribution in [0.2, 0.25) is 0 Å². The zero-order valence-corrected chi connectivity index (χ0v) is 15.1. The number of rotatable bonds is 10. The fraction of sp³-hybridized carbons (Fsp3) is 1.00. The molecule has 0 aromatic carbocycles. The van der Waals surface area contributed by atoms with Crippen LogP contribution in [0.15, 0.2) is 0 Å². The standard InChI is InChI=1S/C8H20N.C6H15O4P/c1-5-9(6-2,7-3)8-4;1-3-5-9-11(7,8)10-6-4-2/h5-8H2,1-4H3;3-6H2,1-2H3,(H,7,8)/q+1;/p-1. The molecule has 0 amide bonds. The van der Waals surface area contributed by atoms with E-state index in [4.69, 9.17) is 0 Å². The molecule has 0 N–H and O–H groups in total. The summed E-state index contributed by atoms with van der Waals surface area (Å²) in [4.78, 5) is 10.7. The van der Waals surface area contributed by atoms with E-state index in [2.05, 4.69) is 36.7 Å². The molecule has 124 valence electrons. The molecule has 0 atom stereocenters. The molecule has 0 aliphatic rings. The average molecular weight is 311 g/mol. The molecule has 0 saturated carbocycles. The Morgan fingerprint density at radius 2 is 1.10 bits per heavy atom. The summed E-state index contributed by atoms with van der Waals surface area (Å²) < 4.78 is 20.9. The van der Waals surface area contributed by atoms with Crippen molar-refractivity contribution in [3.05, 3.63) is 0 Å². The average Bonchev–Trinajstić information content (AvgIpc) is 2.47. The Labute approximate surface area is 125 Å². The van der Waals surface area contributed by atoms with Gasteiger partial charge in [-0.25, -0.2) is 0 Å². The summed E-state index contributed by atoms with van der Waals surface area (Å²) in [7, 11) is -3.98. The first kappa shape index (κ1) is 22.4. The molecule has 6 heteroatoms. The van der Waals surface area contributed by atoms with Crippen molar-refractivity contribution in [1.29, 1.82) is 0 Å². The molecule has 0 unspecified atom stereocenters. The number of hydrogen-bond acceptors (Lipinski definition) is 4. The van der Waals surface area contributed by atoms with Crippen molar-refractivity contribution in [2.24, 2.45) is 0 Å². The van der Waals surface area contributed by atoms with Gasteiger partial charge in [-0.05, 0) is 40.5 Å². The highest BCUT2D eigenvalue weighted by atomic mass is 31.2. The Kier molecular flexibility index (Phi) is 14.3. The van der Waals surface area contributed by atoms with Gasteiger partial charge in [-0.15, -0.1) is 0 Å². The molecule has 0 aromatic rings. The summed E-state index contributed by atoms with van der Waals surface area (Å²) in [6, 6.07) is 0. The SMILES string of the molecule is CCCOP(=O)([O-])OCCC.CC[N+](CC)(CC)CC. The lowest BCUT2D eigenvalue weighted by Gasteiger charge is -2.34. The first-order valence-electron chi connectivity index (χ1n) is 7.82. The van der Waals surface area contributed by atoms with E-state index in [9.17, 15) is 9.46 Å². The second-order valence-corrected chi connectivity index (χ2v) is 6.13. The van der Waals surface area contributed by atoms with E-state index < -0.39 is 7.82 Å². The molecule has 0 aromatic heterocycles. The predicted molar refractivity (Wildman–Crippen MR) is 82.5 cm³/mol. The molecule has 0 heterocycles. The van der Waals surface area contributed by atoms with Gasteiger partial charge in [0.25, 0.3) is 7.82 Å². The van der Waals surface area contributed by atoms with Crippen molar-refractivity contribution in [2.75, 3.05) is 39.4 Å². The second-order valence-electron chi connectivity index (χ2n) is 4.72. The van der Waals surface area contributed by atoms with E-state index in [0.29, 0.717) is 12.8 Å². The third kappa shape index (κ3) is 10.8. The Morgan fingerprint density at radius 1 is 0.800 bits per heavy atom. The van der Waals surface area contributed by atoms with E-state index in [-0.39, 0.29) is 13.2 Å². The molecule has 0 rings (SSSR count). The quantitative estimate of drug-likeness (QED) is 0.459. The maximum atomic E-state index is 10.7. The van der Waals surface area contributed by atoms with Crippen LogP contribution in [0.1, 0.15) is 54.4 Å². The number of quaternary nitrogens is 1. The highest BCUT2D eigenvalue weighted by Gasteiger charge is 2.16. The molecular weight excluding hydrogens is 277 g/mol. The van der Waals surface area contributed by atoms with Crippen LogP contribution in [0.25, 0.3) is 0 Å². The van der Waals surface area contributed by atoms with Gasteiger partial charge in [-0.1, -0.05) is 13.8 Å². The van der Waals surface area contributed by atoms with Crippen molar-refractivity contribution in [1.82, 2.24) is 0 Å². The molecule has 0 spiro atoms. The Bertz CT molecular complexity index is 228. The summed E-state index contributed by atoms with van der Waals surface area (Å²) in [5.41, 5.74) is 0. The molecule has 0 saturated heterocycles. The van der Waals surface area contributed by atoms with Crippen LogP contribution in [-0.2, 0) is 13.6 Å². The van der Waals surface area contributed by atoms with Gasteiger partial charge in [0.05, 0.1) is 39.4 Å². The predicted octanol–water partition coefficient (Wildman–Crippen LogP) is 3.19. The van der Waals surface area contributed by atoms with E-state index in [1.54, 1.807) is 0 Å². The van der Waals surface area contributed by atoms with Crippen molar-refractivity contribution >= 4 is 7.82 Å². The lowest BCUT2D eigenvalue weighted by molar-refractivity contribution is -0.921. The number of nitrogens with zero attached hydrogens (tertiary/aromatic N) is 1. The van der Waals surface area contributed by atoms with Crippen LogP contribution >= 0.6 is 7.82 Å². The van der Waals surface area contributed by atoms with Gasteiger partial charge in [0.15, 0.2) is 0 Å². The molecule has 0 fully saturated rings. The monoisotopic (exact) mass is 311 g/mol. The first-order valence-corrected chi connectivity index (χ1v) is 9.28. The van der Waals surface area contributed by atoms with Gasteiger partial charge in [-0.3, -0.25) is 4.57 Å². The molecule has 0 aliphatic carbocycles. The van der Waals surface area contributed by atoms with Crippen LogP contribution in [0, 0.1) is 0 Å². The molecular formula is C14H34NO4P. The van der Waals surface area contributed by atoms with Gasteiger partial charge in [0, 0.05) is 0 Å². The van der Waals surface area contributed by atoms with Crippen LogP contribution in [0.3, 0.4) is 0 Å². The molecule has 20 heavy (non-hydrogen) atoms. The molecule has 0 bridgehead atoms.